The van der Waals surface area contributed by atoms with Crippen molar-refractivity contribution in [1.82, 2.24) is 9.55 Å². The van der Waals surface area contributed by atoms with Gasteiger partial charge in [-0.25, -0.2) is 14.2 Å². The summed E-state index contributed by atoms with van der Waals surface area (Å²) in [5.74, 6) is -0.340. The Balaban J connectivity index is 2.04. The van der Waals surface area contributed by atoms with Crippen molar-refractivity contribution in [3.05, 3.63) is 48.3 Å². The first-order chi connectivity index (χ1) is 9.75. The minimum atomic E-state index is -0.587. The van der Waals surface area contributed by atoms with Crippen LogP contribution in [0.1, 0.15) is 31.2 Å². The maximum Gasteiger partial charge on any atom is 0.235 e. The van der Waals surface area contributed by atoms with E-state index in [4.69, 9.17) is 0 Å². The summed E-state index contributed by atoms with van der Waals surface area (Å²) in [6.45, 7) is 0. The first-order valence-corrected chi connectivity index (χ1v) is 6.63. The molecule has 0 unspecified atom stereocenters. The highest BCUT2D eigenvalue weighted by Gasteiger charge is 2.36. The van der Waals surface area contributed by atoms with E-state index in [1.54, 1.807) is 35.4 Å². The highest BCUT2D eigenvalue weighted by Crippen LogP contribution is 2.42. The maximum absolute atomic E-state index is 14.3. The van der Waals surface area contributed by atoms with Crippen molar-refractivity contribution in [2.75, 3.05) is 0 Å². The van der Waals surface area contributed by atoms with E-state index in [1.165, 1.54) is 6.07 Å². The van der Waals surface area contributed by atoms with Crippen LogP contribution in [0.25, 0.3) is 5.69 Å². The number of aromatic nitrogens is 2. The van der Waals surface area contributed by atoms with E-state index < -0.39 is 5.54 Å². The predicted molar refractivity (Wildman–Crippen MR) is 71.8 cm³/mol. The zero-order valence-corrected chi connectivity index (χ0v) is 10.9. The van der Waals surface area contributed by atoms with Crippen molar-refractivity contribution in [1.29, 1.82) is 0 Å². The van der Waals surface area contributed by atoms with Gasteiger partial charge in [-0.2, -0.15) is 4.99 Å². The van der Waals surface area contributed by atoms with Gasteiger partial charge in [-0.1, -0.05) is 18.9 Å². The SMILES string of the molecule is O=C=NC1(c2ccc(-n3ccnc3)c(F)c2)CCCC1. The molecule has 0 N–H and O–H groups in total. The molecule has 3 rings (SSSR count). The van der Waals surface area contributed by atoms with Gasteiger partial charge in [0.05, 0.1) is 17.6 Å². The van der Waals surface area contributed by atoms with Crippen molar-refractivity contribution in [3.8, 4) is 5.69 Å². The lowest BCUT2D eigenvalue weighted by Gasteiger charge is -2.23. The number of nitrogens with zero attached hydrogens (tertiary/aromatic N) is 3. The quantitative estimate of drug-likeness (QED) is 0.636. The zero-order chi connectivity index (χ0) is 14.0. The highest BCUT2D eigenvalue weighted by atomic mass is 19.1. The predicted octanol–water partition coefficient (Wildman–Crippen LogP) is 3.12. The highest BCUT2D eigenvalue weighted by molar-refractivity contribution is 5.42. The Morgan fingerprint density at radius 1 is 1.35 bits per heavy atom. The molecule has 1 saturated carbocycles. The molecule has 0 bridgehead atoms. The molecule has 1 aromatic carbocycles. The smallest absolute Gasteiger partial charge is 0.235 e. The van der Waals surface area contributed by atoms with Crippen molar-refractivity contribution >= 4 is 6.08 Å². The van der Waals surface area contributed by atoms with E-state index in [-0.39, 0.29) is 5.82 Å². The van der Waals surface area contributed by atoms with E-state index in [0.717, 1.165) is 31.2 Å². The number of halogens is 1. The van der Waals surface area contributed by atoms with E-state index in [1.807, 2.05) is 6.07 Å². The van der Waals surface area contributed by atoms with Crippen molar-refractivity contribution in [2.24, 2.45) is 4.99 Å². The molecular weight excluding hydrogens is 257 g/mol. The van der Waals surface area contributed by atoms with Crippen LogP contribution in [0.15, 0.2) is 41.9 Å². The van der Waals surface area contributed by atoms with Crippen LogP contribution >= 0.6 is 0 Å². The molecule has 0 saturated heterocycles. The van der Waals surface area contributed by atoms with Crippen LogP contribution in [0.4, 0.5) is 4.39 Å². The van der Waals surface area contributed by atoms with Gasteiger partial charge in [0.15, 0.2) is 0 Å². The van der Waals surface area contributed by atoms with E-state index >= 15 is 0 Å². The van der Waals surface area contributed by atoms with Crippen molar-refractivity contribution in [2.45, 2.75) is 31.2 Å². The lowest BCUT2D eigenvalue weighted by atomic mass is 9.88. The minimum absolute atomic E-state index is 0.340. The van der Waals surface area contributed by atoms with Gasteiger partial charge >= 0.3 is 0 Å². The topological polar surface area (TPSA) is 47.2 Å². The molecule has 0 radical (unpaired) electrons. The molecule has 1 heterocycles. The number of carbonyl (C=O) groups excluding carboxylic acids is 1. The Bertz CT molecular complexity index is 654. The van der Waals surface area contributed by atoms with Crippen LogP contribution in [0.2, 0.25) is 0 Å². The molecule has 2 aromatic rings. The first kappa shape index (κ1) is 12.8. The van der Waals surface area contributed by atoms with Crippen LogP contribution in [0.5, 0.6) is 0 Å². The van der Waals surface area contributed by atoms with Gasteiger partial charge < -0.3 is 4.57 Å². The third-order valence-corrected chi connectivity index (χ3v) is 3.96. The van der Waals surface area contributed by atoms with Gasteiger partial charge in [0, 0.05) is 12.4 Å². The molecule has 5 heteroatoms. The fraction of sp³-hybridized carbons (Fsp3) is 0.333. The van der Waals surface area contributed by atoms with Crippen LogP contribution in [0.3, 0.4) is 0 Å². The fourth-order valence-corrected chi connectivity index (χ4v) is 2.92. The Labute approximate surface area is 116 Å². The Kier molecular flexibility index (Phi) is 3.20. The molecule has 1 aliphatic carbocycles. The Morgan fingerprint density at radius 3 is 2.75 bits per heavy atom. The van der Waals surface area contributed by atoms with Crippen molar-refractivity contribution in [3.63, 3.8) is 0 Å². The Hall–Kier alpha value is -2.26. The monoisotopic (exact) mass is 271 g/mol. The summed E-state index contributed by atoms with van der Waals surface area (Å²) in [5, 5.41) is 0. The van der Waals surface area contributed by atoms with Gasteiger partial charge in [-0.3, -0.25) is 0 Å². The fourth-order valence-electron chi connectivity index (χ4n) is 2.92. The molecule has 1 aromatic heterocycles. The lowest BCUT2D eigenvalue weighted by molar-refractivity contribution is 0.452. The van der Waals surface area contributed by atoms with Gasteiger partial charge in [0.2, 0.25) is 6.08 Å². The summed E-state index contributed by atoms with van der Waals surface area (Å²) in [7, 11) is 0. The molecule has 0 spiro atoms. The van der Waals surface area contributed by atoms with E-state index in [9.17, 15) is 9.18 Å². The lowest BCUT2D eigenvalue weighted by Crippen LogP contribution is -2.19. The number of benzene rings is 1. The summed E-state index contributed by atoms with van der Waals surface area (Å²) in [6, 6.07) is 5.01. The second-order valence-electron chi connectivity index (χ2n) is 5.08. The first-order valence-electron chi connectivity index (χ1n) is 6.63. The third-order valence-electron chi connectivity index (χ3n) is 3.96. The number of rotatable bonds is 3. The van der Waals surface area contributed by atoms with E-state index in [0.29, 0.717) is 5.69 Å². The third kappa shape index (κ3) is 2.06. The van der Waals surface area contributed by atoms with Gasteiger partial charge in [-0.05, 0) is 30.5 Å². The molecule has 1 aliphatic rings. The van der Waals surface area contributed by atoms with Gasteiger partial charge in [-0.15, -0.1) is 0 Å². The number of hydrogen-bond acceptors (Lipinski definition) is 3. The molecule has 0 aliphatic heterocycles. The summed E-state index contributed by atoms with van der Waals surface area (Å²) >= 11 is 0. The zero-order valence-electron chi connectivity index (χ0n) is 10.9. The molecule has 0 amide bonds. The summed E-state index contributed by atoms with van der Waals surface area (Å²) < 4.78 is 15.9. The summed E-state index contributed by atoms with van der Waals surface area (Å²) in [6.07, 6.45) is 10.0. The second-order valence-corrected chi connectivity index (χ2v) is 5.08. The summed E-state index contributed by atoms with van der Waals surface area (Å²) in [5.41, 5.74) is 0.602. The number of imidazole rings is 1. The van der Waals surface area contributed by atoms with Crippen molar-refractivity contribution < 1.29 is 9.18 Å². The standard InChI is InChI=1S/C15H14FN3O/c16-13-9-12(15(18-11-20)5-1-2-6-15)3-4-14(13)19-8-7-17-10-19/h3-4,7-10H,1-2,5-6H2. The second kappa shape index (κ2) is 5.02. The molecule has 0 atom stereocenters. The average molecular weight is 271 g/mol. The Morgan fingerprint density at radius 2 is 2.15 bits per heavy atom. The van der Waals surface area contributed by atoms with Crippen LogP contribution in [-0.4, -0.2) is 15.6 Å². The number of aliphatic imine (C=N–C) groups is 1. The number of isocyanates is 1. The van der Waals surface area contributed by atoms with Crippen LogP contribution < -0.4 is 0 Å². The maximum atomic E-state index is 14.3. The van der Waals surface area contributed by atoms with Gasteiger partial charge in [0.25, 0.3) is 0 Å². The summed E-state index contributed by atoms with van der Waals surface area (Å²) in [4.78, 5) is 18.6. The molecular formula is C15H14FN3O. The molecule has 102 valence electrons. The molecule has 1 fully saturated rings. The normalized spacial score (nSPS) is 16.9. The molecule has 4 nitrogen and oxygen atoms in total. The van der Waals surface area contributed by atoms with Crippen LogP contribution in [-0.2, 0) is 10.3 Å². The largest absolute Gasteiger partial charge is 0.303 e. The minimum Gasteiger partial charge on any atom is -0.303 e. The average Bonchev–Trinajstić information content (AvgIpc) is 3.10. The van der Waals surface area contributed by atoms with Crippen LogP contribution in [0, 0.1) is 5.82 Å². The van der Waals surface area contributed by atoms with Gasteiger partial charge in [0.1, 0.15) is 5.82 Å². The number of hydrogen-bond donors (Lipinski definition) is 0. The van der Waals surface area contributed by atoms with E-state index in [2.05, 4.69) is 9.98 Å². The molecule has 20 heavy (non-hydrogen) atoms.